The zero-order valence-electron chi connectivity index (χ0n) is 17.2. The summed E-state index contributed by atoms with van der Waals surface area (Å²) in [5, 5.41) is 0. The molecule has 0 bridgehead atoms. The van der Waals surface area contributed by atoms with Crippen molar-refractivity contribution in [1.29, 1.82) is 0 Å². The quantitative estimate of drug-likeness (QED) is 0.393. The van der Waals surface area contributed by atoms with E-state index in [-0.39, 0.29) is 0 Å². The minimum absolute atomic E-state index is 0.455. The van der Waals surface area contributed by atoms with Crippen LogP contribution in [0.1, 0.15) is 59.4 Å². The SMILES string of the molecule is C=C(/C=C(/C)CCC)COc1cc(CN)cc(OCCC(C)=C(C)C)c1. The van der Waals surface area contributed by atoms with Crippen molar-refractivity contribution in [3.05, 3.63) is 58.7 Å². The van der Waals surface area contributed by atoms with Gasteiger partial charge in [-0.15, -0.1) is 0 Å². The van der Waals surface area contributed by atoms with E-state index in [1.54, 1.807) is 0 Å². The number of allylic oxidation sites excluding steroid dienone is 2. The molecule has 0 amide bonds. The lowest BCUT2D eigenvalue weighted by atomic mass is 10.1. The minimum Gasteiger partial charge on any atom is -0.493 e. The Hall–Kier alpha value is -2.00. The van der Waals surface area contributed by atoms with Crippen LogP contribution in [0.2, 0.25) is 0 Å². The Labute approximate surface area is 159 Å². The van der Waals surface area contributed by atoms with Crippen LogP contribution in [0.15, 0.2) is 53.1 Å². The van der Waals surface area contributed by atoms with Crippen LogP contribution in [0.25, 0.3) is 0 Å². The van der Waals surface area contributed by atoms with Crippen molar-refractivity contribution in [2.45, 2.75) is 60.4 Å². The van der Waals surface area contributed by atoms with E-state index in [4.69, 9.17) is 15.2 Å². The van der Waals surface area contributed by atoms with Gasteiger partial charge in [0, 0.05) is 19.0 Å². The van der Waals surface area contributed by atoms with Crippen LogP contribution < -0.4 is 15.2 Å². The van der Waals surface area contributed by atoms with Crippen LogP contribution in [0.4, 0.5) is 0 Å². The highest BCUT2D eigenvalue weighted by molar-refractivity contribution is 5.39. The third-order valence-corrected chi connectivity index (χ3v) is 4.29. The van der Waals surface area contributed by atoms with Crippen LogP contribution >= 0.6 is 0 Å². The maximum Gasteiger partial charge on any atom is 0.123 e. The highest BCUT2D eigenvalue weighted by Gasteiger charge is 2.04. The largest absolute Gasteiger partial charge is 0.493 e. The molecule has 0 saturated heterocycles. The second kappa shape index (κ2) is 11.6. The first-order valence-electron chi connectivity index (χ1n) is 9.43. The topological polar surface area (TPSA) is 44.5 Å². The van der Waals surface area contributed by atoms with E-state index in [0.29, 0.717) is 19.8 Å². The summed E-state index contributed by atoms with van der Waals surface area (Å²) in [4.78, 5) is 0. The van der Waals surface area contributed by atoms with E-state index in [1.165, 1.54) is 16.7 Å². The number of benzene rings is 1. The fraction of sp³-hybridized carbons (Fsp3) is 0.478. The Bertz CT molecular complexity index is 652. The van der Waals surface area contributed by atoms with Crippen molar-refractivity contribution in [3.8, 4) is 11.5 Å². The van der Waals surface area contributed by atoms with Crippen molar-refractivity contribution >= 4 is 0 Å². The van der Waals surface area contributed by atoms with Crippen LogP contribution in [0, 0.1) is 0 Å². The number of ether oxygens (including phenoxy) is 2. The van der Waals surface area contributed by atoms with Crippen LogP contribution in [0.5, 0.6) is 11.5 Å². The zero-order chi connectivity index (χ0) is 19.5. The molecular formula is C23H35NO2. The average molecular weight is 358 g/mol. The molecule has 1 aromatic rings. The molecule has 0 spiro atoms. The van der Waals surface area contributed by atoms with Gasteiger partial charge in [0.1, 0.15) is 18.1 Å². The molecule has 0 saturated carbocycles. The summed E-state index contributed by atoms with van der Waals surface area (Å²) >= 11 is 0. The van der Waals surface area contributed by atoms with Crippen LogP contribution in [-0.2, 0) is 6.54 Å². The van der Waals surface area contributed by atoms with Crippen LogP contribution in [0.3, 0.4) is 0 Å². The number of rotatable bonds is 11. The van der Waals surface area contributed by atoms with E-state index in [0.717, 1.165) is 41.9 Å². The number of hydrogen-bond acceptors (Lipinski definition) is 3. The van der Waals surface area contributed by atoms with Crippen LogP contribution in [-0.4, -0.2) is 13.2 Å². The van der Waals surface area contributed by atoms with Gasteiger partial charge in [0.15, 0.2) is 0 Å². The fourth-order valence-corrected chi connectivity index (χ4v) is 2.52. The Morgan fingerprint density at radius 2 is 1.69 bits per heavy atom. The highest BCUT2D eigenvalue weighted by Crippen LogP contribution is 2.24. The maximum absolute atomic E-state index is 5.91. The maximum atomic E-state index is 5.91. The van der Waals surface area contributed by atoms with E-state index in [1.807, 2.05) is 18.2 Å². The summed E-state index contributed by atoms with van der Waals surface area (Å²) in [6.07, 6.45) is 5.26. The second-order valence-corrected chi connectivity index (χ2v) is 7.08. The molecule has 0 radical (unpaired) electrons. The van der Waals surface area contributed by atoms with Gasteiger partial charge < -0.3 is 15.2 Å². The molecule has 1 aromatic carbocycles. The first-order valence-corrected chi connectivity index (χ1v) is 9.43. The smallest absolute Gasteiger partial charge is 0.123 e. The van der Waals surface area contributed by atoms with E-state index in [2.05, 4.69) is 47.3 Å². The van der Waals surface area contributed by atoms with Crippen molar-refractivity contribution in [3.63, 3.8) is 0 Å². The molecule has 0 aliphatic carbocycles. The molecule has 3 heteroatoms. The molecule has 26 heavy (non-hydrogen) atoms. The molecule has 3 nitrogen and oxygen atoms in total. The van der Waals surface area contributed by atoms with Gasteiger partial charge in [0.05, 0.1) is 6.61 Å². The first-order chi connectivity index (χ1) is 12.3. The Kier molecular flexibility index (Phi) is 9.82. The standard InChI is InChI=1S/C23H35NO2/c1-7-8-18(4)11-19(5)16-26-23-13-21(15-24)12-22(14-23)25-10-9-20(6)17(2)3/h11-14H,5,7-10,15-16,24H2,1-4,6H3/b18-11-. The van der Waals surface area contributed by atoms with Gasteiger partial charge in [-0.1, -0.05) is 42.7 Å². The molecule has 144 valence electrons. The molecule has 0 aliphatic rings. The molecule has 0 aliphatic heterocycles. The van der Waals surface area contributed by atoms with Gasteiger partial charge in [-0.25, -0.2) is 0 Å². The predicted octanol–water partition coefficient (Wildman–Crippen LogP) is 5.95. The third kappa shape index (κ3) is 8.39. The average Bonchev–Trinajstić information content (AvgIpc) is 2.59. The normalized spacial score (nSPS) is 11.2. The van der Waals surface area contributed by atoms with Gasteiger partial charge in [-0.2, -0.15) is 0 Å². The zero-order valence-corrected chi connectivity index (χ0v) is 17.2. The van der Waals surface area contributed by atoms with E-state index in [9.17, 15) is 0 Å². The summed E-state index contributed by atoms with van der Waals surface area (Å²) in [6, 6.07) is 5.86. The van der Waals surface area contributed by atoms with Gasteiger partial charge >= 0.3 is 0 Å². The van der Waals surface area contributed by atoms with Crippen molar-refractivity contribution in [2.75, 3.05) is 13.2 Å². The predicted molar refractivity (Wildman–Crippen MR) is 112 cm³/mol. The summed E-state index contributed by atoms with van der Waals surface area (Å²) in [5.74, 6) is 1.57. The molecule has 0 unspecified atom stereocenters. The lowest BCUT2D eigenvalue weighted by Gasteiger charge is -2.13. The molecule has 1 rings (SSSR count). The summed E-state index contributed by atoms with van der Waals surface area (Å²) in [7, 11) is 0. The number of nitrogens with two attached hydrogens (primary N) is 1. The summed E-state index contributed by atoms with van der Waals surface area (Å²) < 4.78 is 11.8. The molecule has 2 N–H and O–H groups in total. The van der Waals surface area contributed by atoms with E-state index < -0.39 is 0 Å². The second-order valence-electron chi connectivity index (χ2n) is 7.08. The molecule has 0 fully saturated rings. The fourth-order valence-electron chi connectivity index (χ4n) is 2.52. The van der Waals surface area contributed by atoms with Gasteiger partial charge in [-0.05, 0) is 57.4 Å². The third-order valence-electron chi connectivity index (χ3n) is 4.29. The Balaban J connectivity index is 2.70. The molecule has 0 heterocycles. The molecule has 0 atom stereocenters. The van der Waals surface area contributed by atoms with Gasteiger partial charge in [0.25, 0.3) is 0 Å². The summed E-state index contributed by atoms with van der Waals surface area (Å²) in [6.45, 7) is 16.3. The Morgan fingerprint density at radius 1 is 1.04 bits per heavy atom. The van der Waals surface area contributed by atoms with Crippen molar-refractivity contribution < 1.29 is 9.47 Å². The minimum atomic E-state index is 0.455. The van der Waals surface area contributed by atoms with Gasteiger partial charge in [0.2, 0.25) is 0 Å². The van der Waals surface area contributed by atoms with Gasteiger partial charge in [-0.3, -0.25) is 0 Å². The summed E-state index contributed by atoms with van der Waals surface area (Å²) in [5.41, 5.74) is 11.8. The molecular weight excluding hydrogens is 322 g/mol. The lowest BCUT2D eigenvalue weighted by Crippen LogP contribution is -2.04. The Morgan fingerprint density at radius 3 is 2.27 bits per heavy atom. The number of hydrogen-bond donors (Lipinski definition) is 1. The van der Waals surface area contributed by atoms with Crippen molar-refractivity contribution in [1.82, 2.24) is 0 Å². The lowest BCUT2D eigenvalue weighted by molar-refractivity contribution is 0.314. The van der Waals surface area contributed by atoms with E-state index >= 15 is 0 Å². The molecule has 0 aromatic heterocycles. The highest BCUT2D eigenvalue weighted by atomic mass is 16.5. The monoisotopic (exact) mass is 357 g/mol. The van der Waals surface area contributed by atoms with Crippen molar-refractivity contribution in [2.24, 2.45) is 5.73 Å². The first kappa shape index (κ1) is 22.0.